The predicted octanol–water partition coefficient (Wildman–Crippen LogP) is 2.65. The van der Waals surface area contributed by atoms with Crippen molar-refractivity contribution >= 4 is 33.0 Å². The predicted molar refractivity (Wildman–Crippen MR) is 91.4 cm³/mol. The molecule has 0 bridgehead atoms. The van der Waals surface area contributed by atoms with Gasteiger partial charge in [-0.3, -0.25) is 4.79 Å². The molecule has 1 aliphatic rings. The highest BCUT2D eigenvalue weighted by Crippen LogP contribution is 2.30. The molecule has 6 nitrogen and oxygen atoms in total. The number of hydrogen-bond acceptors (Lipinski definition) is 5. The Balaban J connectivity index is 1.72. The topological polar surface area (TPSA) is 90.3 Å². The number of nitriles is 1. The van der Waals surface area contributed by atoms with Gasteiger partial charge in [0.25, 0.3) is 5.91 Å². The fourth-order valence-electron chi connectivity index (χ4n) is 2.23. The average molecular weight is 361 g/mol. The lowest BCUT2D eigenvalue weighted by molar-refractivity contribution is 0.102. The molecule has 1 amide bonds. The third kappa shape index (κ3) is 3.33. The van der Waals surface area contributed by atoms with E-state index < -0.39 is 10.0 Å². The van der Waals surface area contributed by atoms with Crippen LogP contribution in [0, 0.1) is 11.3 Å². The van der Waals surface area contributed by atoms with Gasteiger partial charge in [0.15, 0.2) is 0 Å². The molecule has 1 heterocycles. The molecule has 1 aromatic carbocycles. The molecular weight excluding hydrogens is 346 g/mol. The van der Waals surface area contributed by atoms with Crippen LogP contribution in [0.3, 0.4) is 0 Å². The van der Waals surface area contributed by atoms with Crippen LogP contribution in [-0.2, 0) is 10.0 Å². The maximum absolute atomic E-state index is 12.4. The number of sulfonamides is 1. The zero-order chi connectivity index (χ0) is 17.3. The highest BCUT2D eigenvalue weighted by Gasteiger charge is 2.34. The normalized spacial score (nSPS) is 14.4. The van der Waals surface area contributed by atoms with Crippen molar-refractivity contribution < 1.29 is 13.2 Å². The minimum absolute atomic E-state index is 0.0994. The van der Waals surface area contributed by atoms with E-state index >= 15 is 0 Å². The first-order valence-corrected chi connectivity index (χ1v) is 9.62. The van der Waals surface area contributed by atoms with Crippen LogP contribution in [0.1, 0.15) is 28.1 Å². The fourth-order valence-corrected chi connectivity index (χ4v) is 4.32. The lowest BCUT2D eigenvalue weighted by Crippen LogP contribution is -2.28. The van der Waals surface area contributed by atoms with Crippen molar-refractivity contribution in [3.8, 4) is 6.07 Å². The van der Waals surface area contributed by atoms with Crippen molar-refractivity contribution in [3.05, 3.63) is 46.2 Å². The van der Waals surface area contributed by atoms with E-state index in [0.717, 1.165) is 12.8 Å². The number of thiophene rings is 1. The second-order valence-electron chi connectivity index (χ2n) is 5.54. The zero-order valence-corrected chi connectivity index (χ0v) is 14.5. The summed E-state index contributed by atoms with van der Waals surface area (Å²) in [6.45, 7) is 0. The molecule has 1 N–H and O–H groups in total. The molecule has 1 aromatic heterocycles. The first kappa shape index (κ1) is 16.6. The molecule has 1 fully saturated rings. The number of carbonyl (C=O) groups is 1. The molecule has 8 heteroatoms. The van der Waals surface area contributed by atoms with E-state index in [1.807, 2.05) is 6.07 Å². The quantitative estimate of drug-likeness (QED) is 0.886. The van der Waals surface area contributed by atoms with Gasteiger partial charge < -0.3 is 5.32 Å². The average Bonchev–Trinajstić information content (AvgIpc) is 3.31. The molecule has 124 valence electrons. The summed E-state index contributed by atoms with van der Waals surface area (Å²) < 4.78 is 26.2. The maximum Gasteiger partial charge on any atom is 0.256 e. The van der Waals surface area contributed by atoms with Crippen LogP contribution in [0.5, 0.6) is 0 Å². The van der Waals surface area contributed by atoms with E-state index in [9.17, 15) is 13.2 Å². The number of anilines is 1. The van der Waals surface area contributed by atoms with Crippen molar-refractivity contribution in [2.75, 3.05) is 12.4 Å². The Morgan fingerprint density at radius 1 is 1.33 bits per heavy atom. The van der Waals surface area contributed by atoms with Gasteiger partial charge in [-0.1, -0.05) is 0 Å². The van der Waals surface area contributed by atoms with Crippen LogP contribution in [0.15, 0.2) is 40.6 Å². The number of carbonyl (C=O) groups excluding carboxylic acids is 1. The highest BCUT2D eigenvalue weighted by atomic mass is 32.2. The van der Waals surface area contributed by atoms with Gasteiger partial charge in [0, 0.05) is 24.2 Å². The van der Waals surface area contributed by atoms with Gasteiger partial charge in [0.2, 0.25) is 10.0 Å². The molecule has 0 aliphatic heterocycles. The first-order valence-electron chi connectivity index (χ1n) is 7.30. The summed E-state index contributed by atoms with van der Waals surface area (Å²) in [7, 11) is -1.90. The van der Waals surface area contributed by atoms with Gasteiger partial charge in [-0.15, -0.1) is 11.3 Å². The molecule has 0 spiro atoms. The largest absolute Gasteiger partial charge is 0.322 e. The van der Waals surface area contributed by atoms with Crippen LogP contribution < -0.4 is 5.32 Å². The summed E-state index contributed by atoms with van der Waals surface area (Å²) >= 11 is 1.20. The van der Waals surface area contributed by atoms with Crippen molar-refractivity contribution in [2.24, 2.45) is 0 Å². The third-order valence-corrected chi connectivity index (χ3v) is 6.58. The molecule has 24 heavy (non-hydrogen) atoms. The van der Waals surface area contributed by atoms with Crippen molar-refractivity contribution in [3.63, 3.8) is 0 Å². The second kappa shape index (κ2) is 6.36. The summed E-state index contributed by atoms with van der Waals surface area (Å²) in [5.74, 6) is -0.335. The lowest BCUT2D eigenvalue weighted by Gasteiger charge is -2.16. The molecule has 3 rings (SSSR count). The van der Waals surface area contributed by atoms with Crippen LogP contribution in [0.2, 0.25) is 0 Å². The molecular formula is C16H15N3O3S2. The maximum atomic E-state index is 12.4. The number of nitrogens with one attached hydrogen (secondary N) is 1. The van der Waals surface area contributed by atoms with Crippen LogP contribution >= 0.6 is 11.3 Å². The number of amides is 1. The smallest absolute Gasteiger partial charge is 0.256 e. The minimum Gasteiger partial charge on any atom is -0.322 e. The summed E-state index contributed by atoms with van der Waals surface area (Å²) in [4.78, 5) is 12.8. The summed E-state index contributed by atoms with van der Waals surface area (Å²) in [6, 6.07) is 9.68. The molecule has 0 radical (unpaired) electrons. The summed E-state index contributed by atoms with van der Waals surface area (Å²) in [6.07, 6.45) is 1.80. The Hall–Kier alpha value is -2.21. The molecule has 1 aliphatic carbocycles. The summed E-state index contributed by atoms with van der Waals surface area (Å²) in [5, 5.41) is 13.1. The van der Waals surface area contributed by atoms with Gasteiger partial charge in [0.05, 0.1) is 10.5 Å². The number of nitrogens with zero attached hydrogens (tertiary/aromatic N) is 2. The minimum atomic E-state index is -3.49. The van der Waals surface area contributed by atoms with Gasteiger partial charge in [-0.05, 0) is 43.2 Å². The Labute approximate surface area is 144 Å². The monoisotopic (exact) mass is 361 g/mol. The zero-order valence-electron chi connectivity index (χ0n) is 12.9. The van der Waals surface area contributed by atoms with E-state index in [4.69, 9.17) is 5.26 Å². The number of hydrogen-bond donors (Lipinski definition) is 1. The Kier molecular flexibility index (Phi) is 4.41. The Morgan fingerprint density at radius 3 is 2.54 bits per heavy atom. The fraction of sp³-hybridized carbons (Fsp3) is 0.250. The molecule has 0 saturated heterocycles. The molecule has 1 saturated carbocycles. The van der Waals surface area contributed by atoms with Crippen molar-refractivity contribution in [1.29, 1.82) is 5.26 Å². The van der Waals surface area contributed by atoms with E-state index in [-0.39, 0.29) is 16.8 Å². The van der Waals surface area contributed by atoms with Gasteiger partial charge in [0.1, 0.15) is 10.9 Å². The Morgan fingerprint density at radius 2 is 2.00 bits per heavy atom. The van der Waals surface area contributed by atoms with Crippen LogP contribution in [0.4, 0.5) is 5.69 Å². The van der Waals surface area contributed by atoms with Crippen LogP contribution in [-0.4, -0.2) is 31.7 Å². The SMILES string of the molecule is CN(C1CC1)S(=O)(=O)c1ccc(NC(=O)c2csc(C#N)c2)cc1. The van der Waals surface area contributed by atoms with Crippen molar-refractivity contribution in [1.82, 2.24) is 4.31 Å². The summed E-state index contributed by atoms with van der Waals surface area (Å²) in [5.41, 5.74) is 0.902. The van der Waals surface area contributed by atoms with Crippen LogP contribution in [0.25, 0.3) is 0 Å². The highest BCUT2D eigenvalue weighted by molar-refractivity contribution is 7.89. The van der Waals surface area contributed by atoms with E-state index in [2.05, 4.69) is 5.32 Å². The van der Waals surface area contributed by atoms with Gasteiger partial charge in [-0.25, -0.2) is 8.42 Å². The number of benzene rings is 1. The molecule has 2 aromatic rings. The lowest BCUT2D eigenvalue weighted by atomic mass is 10.2. The Bertz CT molecular complexity index is 907. The number of rotatable bonds is 5. The third-order valence-electron chi connectivity index (χ3n) is 3.82. The van der Waals surface area contributed by atoms with Gasteiger partial charge in [-0.2, -0.15) is 9.57 Å². The van der Waals surface area contributed by atoms with E-state index in [1.54, 1.807) is 24.6 Å². The molecule has 0 unspecified atom stereocenters. The van der Waals surface area contributed by atoms with E-state index in [1.165, 1.54) is 33.8 Å². The second-order valence-corrected chi connectivity index (χ2v) is 8.45. The van der Waals surface area contributed by atoms with Gasteiger partial charge >= 0.3 is 0 Å². The molecule has 0 atom stereocenters. The van der Waals surface area contributed by atoms with Crippen molar-refractivity contribution in [2.45, 2.75) is 23.8 Å². The first-order chi connectivity index (χ1) is 11.4. The standard InChI is InChI=1S/C16H15N3O3S2/c1-19(13-4-5-13)24(21,22)15-6-2-12(3-7-15)18-16(20)11-8-14(9-17)23-10-11/h2-3,6-8,10,13H,4-5H2,1H3,(H,18,20). The van der Waals surface area contributed by atoms with E-state index in [0.29, 0.717) is 16.1 Å².